The van der Waals surface area contributed by atoms with Gasteiger partial charge in [-0.1, -0.05) is 61.0 Å². The first-order chi connectivity index (χ1) is 12.8. The van der Waals surface area contributed by atoms with Gasteiger partial charge < -0.3 is 14.2 Å². The van der Waals surface area contributed by atoms with Crippen molar-refractivity contribution in [1.29, 1.82) is 0 Å². The van der Waals surface area contributed by atoms with E-state index in [1.165, 1.54) is 32.1 Å². The van der Waals surface area contributed by atoms with E-state index in [1.807, 2.05) is 12.1 Å². The number of methoxy groups -OCH3 is 1. The molecule has 2 aromatic rings. The van der Waals surface area contributed by atoms with Gasteiger partial charge in [-0.15, -0.1) is 0 Å². The Bertz CT molecular complexity index is 657. The summed E-state index contributed by atoms with van der Waals surface area (Å²) < 4.78 is 17.4. The Morgan fingerprint density at radius 2 is 1.62 bits per heavy atom. The van der Waals surface area contributed by atoms with Gasteiger partial charge in [0.2, 0.25) is 0 Å². The van der Waals surface area contributed by atoms with Crippen LogP contribution in [0.4, 0.5) is 0 Å². The summed E-state index contributed by atoms with van der Waals surface area (Å²) in [5, 5.41) is 3.09. The molecule has 0 aromatic heterocycles. The van der Waals surface area contributed by atoms with Crippen molar-refractivity contribution in [3.8, 4) is 17.2 Å². The van der Waals surface area contributed by atoms with E-state index in [9.17, 15) is 0 Å². The van der Waals surface area contributed by atoms with Crippen molar-refractivity contribution in [2.75, 3.05) is 25.7 Å². The average Bonchev–Trinajstić information content (AvgIpc) is 2.67. The maximum absolute atomic E-state index is 5.93. The molecule has 0 bridgehead atoms. The van der Waals surface area contributed by atoms with Crippen LogP contribution in [-0.4, -0.2) is 25.7 Å². The summed E-state index contributed by atoms with van der Waals surface area (Å²) >= 11 is 3.42. The van der Waals surface area contributed by atoms with Gasteiger partial charge in [-0.05, 0) is 42.5 Å². The Morgan fingerprint density at radius 3 is 2.38 bits per heavy atom. The number of halogens is 1. The van der Waals surface area contributed by atoms with Gasteiger partial charge in [0, 0.05) is 10.7 Å². The molecular formula is C22H31BrO3. The van der Waals surface area contributed by atoms with Crippen molar-refractivity contribution in [2.24, 2.45) is 0 Å². The Morgan fingerprint density at radius 1 is 0.846 bits per heavy atom. The van der Waals surface area contributed by atoms with E-state index in [0.717, 1.165) is 52.8 Å². The standard InChI is InChI=1S/C22H31BrO3/c1-3-4-5-6-7-8-15-25-19-11-12-20-18(17-19)10-13-21(22(20)24-2)26-16-9-14-23/h10-13,17H,3-9,14-16H2,1-2H3. The lowest BCUT2D eigenvalue weighted by molar-refractivity contribution is 0.297. The summed E-state index contributed by atoms with van der Waals surface area (Å²) in [6, 6.07) is 10.2. The van der Waals surface area contributed by atoms with E-state index in [2.05, 4.69) is 41.1 Å². The number of fused-ring (bicyclic) bond motifs is 1. The van der Waals surface area contributed by atoms with Gasteiger partial charge in [-0.2, -0.15) is 0 Å². The maximum atomic E-state index is 5.93. The van der Waals surface area contributed by atoms with Gasteiger partial charge in [-0.3, -0.25) is 0 Å². The monoisotopic (exact) mass is 422 g/mol. The Hall–Kier alpha value is -1.42. The largest absolute Gasteiger partial charge is 0.494 e. The molecule has 0 unspecified atom stereocenters. The normalized spacial score (nSPS) is 10.9. The second-order valence-corrected chi connectivity index (χ2v) is 7.28. The Labute approximate surface area is 166 Å². The van der Waals surface area contributed by atoms with E-state index in [-0.39, 0.29) is 0 Å². The fourth-order valence-corrected chi connectivity index (χ4v) is 3.21. The molecule has 26 heavy (non-hydrogen) atoms. The quantitative estimate of drug-likeness (QED) is 0.263. The maximum Gasteiger partial charge on any atom is 0.168 e. The second-order valence-electron chi connectivity index (χ2n) is 6.49. The zero-order valence-corrected chi connectivity index (χ0v) is 17.6. The minimum Gasteiger partial charge on any atom is -0.494 e. The van der Waals surface area contributed by atoms with Gasteiger partial charge >= 0.3 is 0 Å². The zero-order valence-electron chi connectivity index (χ0n) is 16.1. The SMILES string of the molecule is CCCCCCCCOc1ccc2c(OC)c(OCCCBr)ccc2c1. The van der Waals surface area contributed by atoms with Crippen LogP contribution in [0.2, 0.25) is 0 Å². The molecule has 0 saturated carbocycles. The van der Waals surface area contributed by atoms with Crippen LogP contribution in [0, 0.1) is 0 Å². The Kier molecular flexibility index (Phi) is 9.68. The predicted octanol–water partition coefficient (Wildman–Crippen LogP) is 6.75. The molecule has 0 aliphatic heterocycles. The second kappa shape index (κ2) is 12.1. The number of alkyl halides is 1. The summed E-state index contributed by atoms with van der Waals surface area (Å²) in [6.45, 7) is 3.70. The summed E-state index contributed by atoms with van der Waals surface area (Å²) in [6.07, 6.45) is 8.61. The Balaban J connectivity index is 1.94. The third-order valence-electron chi connectivity index (χ3n) is 4.41. The first-order valence-corrected chi connectivity index (χ1v) is 10.8. The van der Waals surface area contributed by atoms with Crippen molar-refractivity contribution >= 4 is 26.7 Å². The molecule has 0 atom stereocenters. The first-order valence-electron chi connectivity index (χ1n) is 9.72. The molecule has 0 radical (unpaired) electrons. The van der Waals surface area contributed by atoms with Gasteiger partial charge in [-0.25, -0.2) is 0 Å². The van der Waals surface area contributed by atoms with Crippen LogP contribution in [0.25, 0.3) is 10.8 Å². The third kappa shape index (κ3) is 6.39. The summed E-state index contributed by atoms with van der Waals surface area (Å²) in [5.41, 5.74) is 0. The minimum atomic E-state index is 0.673. The lowest BCUT2D eigenvalue weighted by Crippen LogP contribution is -2.00. The fraction of sp³-hybridized carbons (Fsp3) is 0.545. The van der Waals surface area contributed by atoms with Gasteiger partial charge in [0.15, 0.2) is 11.5 Å². The molecule has 4 heteroatoms. The number of hydrogen-bond donors (Lipinski definition) is 0. The molecule has 0 aliphatic rings. The predicted molar refractivity (Wildman–Crippen MR) is 113 cm³/mol. The highest BCUT2D eigenvalue weighted by Gasteiger charge is 2.10. The van der Waals surface area contributed by atoms with E-state index in [0.29, 0.717) is 6.61 Å². The third-order valence-corrected chi connectivity index (χ3v) is 4.97. The molecule has 3 nitrogen and oxygen atoms in total. The van der Waals surface area contributed by atoms with Crippen molar-refractivity contribution in [2.45, 2.75) is 51.9 Å². The molecule has 2 aromatic carbocycles. The number of benzene rings is 2. The molecule has 0 fully saturated rings. The summed E-state index contributed by atoms with van der Waals surface area (Å²) in [4.78, 5) is 0. The zero-order chi connectivity index (χ0) is 18.6. The fourth-order valence-electron chi connectivity index (χ4n) is 2.98. The van der Waals surface area contributed by atoms with Crippen LogP contribution in [0.3, 0.4) is 0 Å². The number of unbranched alkanes of at least 4 members (excludes halogenated alkanes) is 5. The molecule has 2 rings (SSSR count). The van der Waals surface area contributed by atoms with Gasteiger partial charge in [0.25, 0.3) is 0 Å². The van der Waals surface area contributed by atoms with E-state index in [1.54, 1.807) is 7.11 Å². The molecule has 0 amide bonds. The van der Waals surface area contributed by atoms with Crippen molar-refractivity contribution < 1.29 is 14.2 Å². The van der Waals surface area contributed by atoms with Crippen LogP contribution in [0.5, 0.6) is 17.2 Å². The highest BCUT2D eigenvalue weighted by atomic mass is 79.9. The van der Waals surface area contributed by atoms with Crippen LogP contribution in [-0.2, 0) is 0 Å². The summed E-state index contributed by atoms with van der Waals surface area (Å²) in [7, 11) is 1.69. The first kappa shape index (κ1) is 20.9. The van der Waals surface area contributed by atoms with Gasteiger partial charge in [0.05, 0.1) is 20.3 Å². The number of ether oxygens (including phenoxy) is 3. The molecule has 0 spiro atoms. The van der Waals surface area contributed by atoms with Gasteiger partial charge in [0.1, 0.15) is 5.75 Å². The molecule has 144 valence electrons. The number of hydrogen-bond acceptors (Lipinski definition) is 3. The smallest absolute Gasteiger partial charge is 0.168 e. The molecule has 0 saturated heterocycles. The lowest BCUT2D eigenvalue weighted by Gasteiger charge is -2.14. The van der Waals surface area contributed by atoms with E-state index in [4.69, 9.17) is 14.2 Å². The van der Waals surface area contributed by atoms with Crippen LogP contribution in [0.15, 0.2) is 30.3 Å². The molecule has 0 heterocycles. The van der Waals surface area contributed by atoms with Crippen LogP contribution >= 0.6 is 15.9 Å². The highest BCUT2D eigenvalue weighted by molar-refractivity contribution is 9.09. The molecule has 0 N–H and O–H groups in total. The van der Waals surface area contributed by atoms with Crippen LogP contribution < -0.4 is 14.2 Å². The van der Waals surface area contributed by atoms with Crippen molar-refractivity contribution in [3.63, 3.8) is 0 Å². The molecule has 0 aliphatic carbocycles. The van der Waals surface area contributed by atoms with E-state index < -0.39 is 0 Å². The summed E-state index contributed by atoms with van der Waals surface area (Å²) in [5.74, 6) is 2.50. The average molecular weight is 423 g/mol. The number of rotatable bonds is 13. The lowest BCUT2D eigenvalue weighted by atomic mass is 10.1. The topological polar surface area (TPSA) is 27.7 Å². The van der Waals surface area contributed by atoms with Crippen molar-refractivity contribution in [3.05, 3.63) is 30.3 Å². The van der Waals surface area contributed by atoms with E-state index >= 15 is 0 Å². The van der Waals surface area contributed by atoms with Crippen molar-refractivity contribution in [1.82, 2.24) is 0 Å². The highest BCUT2D eigenvalue weighted by Crippen LogP contribution is 2.37. The minimum absolute atomic E-state index is 0.673. The van der Waals surface area contributed by atoms with Crippen LogP contribution in [0.1, 0.15) is 51.9 Å². The molecular weight excluding hydrogens is 392 g/mol.